The van der Waals surface area contributed by atoms with E-state index in [2.05, 4.69) is 52.8 Å². The van der Waals surface area contributed by atoms with Crippen molar-refractivity contribution in [1.29, 1.82) is 0 Å². The lowest BCUT2D eigenvalue weighted by atomic mass is 9.94. The van der Waals surface area contributed by atoms with Crippen molar-refractivity contribution in [2.24, 2.45) is 0 Å². The second-order valence-electron chi connectivity index (χ2n) is 5.06. The highest BCUT2D eigenvalue weighted by atomic mass is 32.1. The molecular weight excluding hydrogens is 240 g/mol. The fourth-order valence-electron chi connectivity index (χ4n) is 2.37. The molecule has 0 amide bonds. The molecule has 96 valence electrons. The van der Waals surface area contributed by atoms with Gasteiger partial charge >= 0.3 is 0 Å². The Morgan fingerprint density at radius 3 is 2.00 bits per heavy atom. The van der Waals surface area contributed by atoms with Gasteiger partial charge in [-0.25, -0.2) is 0 Å². The molecule has 0 fully saturated rings. The zero-order chi connectivity index (χ0) is 13.4. The minimum atomic E-state index is -0.505. The number of thiophene rings is 1. The minimum Gasteiger partial charge on any atom is -0.384 e. The molecule has 1 N–H and O–H groups in total. The van der Waals surface area contributed by atoms with Crippen molar-refractivity contribution in [1.82, 2.24) is 0 Å². The number of hydrogen-bond donors (Lipinski definition) is 1. The van der Waals surface area contributed by atoms with Gasteiger partial charge in [-0.2, -0.15) is 0 Å². The summed E-state index contributed by atoms with van der Waals surface area (Å²) >= 11 is 1.75. The van der Waals surface area contributed by atoms with Gasteiger partial charge in [-0.05, 0) is 68.5 Å². The zero-order valence-electron chi connectivity index (χ0n) is 11.7. The van der Waals surface area contributed by atoms with Crippen LogP contribution in [0, 0.1) is 34.6 Å². The molecule has 0 aliphatic heterocycles. The average Bonchev–Trinajstić information content (AvgIpc) is 2.62. The lowest BCUT2D eigenvalue weighted by Gasteiger charge is -2.16. The Bertz CT molecular complexity index is 581. The van der Waals surface area contributed by atoms with Crippen LogP contribution in [-0.2, 0) is 0 Å². The first-order valence-corrected chi connectivity index (χ1v) is 7.04. The third-order valence-electron chi connectivity index (χ3n) is 3.55. The predicted molar refractivity (Wildman–Crippen MR) is 78.5 cm³/mol. The van der Waals surface area contributed by atoms with Crippen LogP contribution in [-0.4, -0.2) is 5.11 Å². The van der Waals surface area contributed by atoms with Crippen molar-refractivity contribution < 1.29 is 5.11 Å². The van der Waals surface area contributed by atoms with Crippen molar-refractivity contribution in [2.45, 2.75) is 40.7 Å². The standard InChI is InChI=1S/C16H20OS/c1-9-6-11(3)14(7-10(9)2)16(17)15-8-12(4)18-13(15)5/h6-8,16-17H,1-5H3. The van der Waals surface area contributed by atoms with Gasteiger partial charge in [-0.3, -0.25) is 0 Å². The molecule has 0 aliphatic carbocycles. The van der Waals surface area contributed by atoms with Gasteiger partial charge in [0.25, 0.3) is 0 Å². The van der Waals surface area contributed by atoms with E-state index in [0.717, 1.165) is 16.7 Å². The smallest absolute Gasteiger partial charge is 0.105 e. The molecule has 2 rings (SSSR count). The van der Waals surface area contributed by atoms with Crippen molar-refractivity contribution in [3.8, 4) is 0 Å². The molecule has 1 heterocycles. The normalized spacial score (nSPS) is 12.8. The summed E-state index contributed by atoms with van der Waals surface area (Å²) < 4.78 is 0. The van der Waals surface area contributed by atoms with E-state index in [1.54, 1.807) is 11.3 Å². The molecule has 0 radical (unpaired) electrons. The number of rotatable bonds is 2. The van der Waals surface area contributed by atoms with E-state index in [1.807, 2.05) is 0 Å². The Balaban J connectivity index is 2.49. The van der Waals surface area contributed by atoms with Crippen LogP contribution in [0.2, 0.25) is 0 Å². The first kappa shape index (κ1) is 13.3. The monoisotopic (exact) mass is 260 g/mol. The second kappa shape index (κ2) is 4.87. The average molecular weight is 260 g/mol. The maximum absolute atomic E-state index is 10.6. The van der Waals surface area contributed by atoms with Crippen LogP contribution >= 0.6 is 11.3 Å². The summed E-state index contributed by atoms with van der Waals surface area (Å²) in [5, 5.41) is 10.6. The Hall–Kier alpha value is -1.12. The highest BCUT2D eigenvalue weighted by molar-refractivity contribution is 7.12. The Morgan fingerprint density at radius 1 is 0.833 bits per heavy atom. The summed E-state index contributed by atoms with van der Waals surface area (Å²) in [5.74, 6) is 0. The van der Waals surface area contributed by atoms with Gasteiger partial charge in [0.15, 0.2) is 0 Å². The summed E-state index contributed by atoms with van der Waals surface area (Å²) in [6.07, 6.45) is -0.505. The third-order valence-corrected chi connectivity index (χ3v) is 4.53. The van der Waals surface area contributed by atoms with E-state index in [0.29, 0.717) is 0 Å². The SMILES string of the molecule is Cc1cc(C(O)c2cc(C)c(C)cc2C)c(C)s1. The molecule has 0 aliphatic rings. The van der Waals surface area contributed by atoms with Crippen molar-refractivity contribution in [3.63, 3.8) is 0 Å². The zero-order valence-corrected chi connectivity index (χ0v) is 12.5. The maximum Gasteiger partial charge on any atom is 0.105 e. The number of aliphatic hydroxyl groups is 1. The Kier molecular flexibility index (Phi) is 3.60. The van der Waals surface area contributed by atoms with E-state index in [-0.39, 0.29) is 0 Å². The number of hydrogen-bond acceptors (Lipinski definition) is 2. The molecule has 1 unspecified atom stereocenters. The fraction of sp³-hybridized carbons (Fsp3) is 0.375. The van der Waals surface area contributed by atoms with Crippen LogP contribution in [0.3, 0.4) is 0 Å². The summed E-state index contributed by atoms with van der Waals surface area (Å²) in [5.41, 5.74) is 5.75. The van der Waals surface area contributed by atoms with Gasteiger partial charge in [0, 0.05) is 9.75 Å². The number of aryl methyl sites for hydroxylation is 5. The van der Waals surface area contributed by atoms with Crippen LogP contribution in [0.1, 0.15) is 43.7 Å². The van der Waals surface area contributed by atoms with Crippen molar-refractivity contribution in [3.05, 3.63) is 55.8 Å². The Morgan fingerprint density at radius 2 is 1.44 bits per heavy atom. The van der Waals surface area contributed by atoms with Crippen LogP contribution in [0.25, 0.3) is 0 Å². The molecule has 0 saturated heterocycles. The number of benzene rings is 1. The first-order chi connectivity index (χ1) is 8.40. The predicted octanol–water partition coefficient (Wildman–Crippen LogP) is 4.37. The summed E-state index contributed by atoms with van der Waals surface area (Å²) in [4.78, 5) is 2.46. The van der Waals surface area contributed by atoms with Crippen LogP contribution < -0.4 is 0 Å². The van der Waals surface area contributed by atoms with E-state index in [1.165, 1.54) is 20.9 Å². The molecule has 0 saturated carbocycles. The quantitative estimate of drug-likeness (QED) is 0.850. The highest BCUT2D eigenvalue weighted by Gasteiger charge is 2.17. The summed E-state index contributed by atoms with van der Waals surface area (Å²) in [6.45, 7) is 10.4. The molecule has 1 aromatic carbocycles. The van der Waals surface area contributed by atoms with Gasteiger partial charge in [-0.1, -0.05) is 12.1 Å². The first-order valence-electron chi connectivity index (χ1n) is 6.23. The second-order valence-corrected chi connectivity index (χ2v) is 6.52. The van der Waals surface area contributed by atoms with Crippen LogP contribution in [0.4, 0.5) is 0 Å². The molecule has 18 heavy (non-hydrogen) atoms. The summed E-state index contributed by atoms with van der Waals surface area (Å²) in [7, 11) is 0. The van der Waals surface area contributed by atoms with E-state index in [4.69, 9.17) is 0 Å². The maximum atomic E-state index is 10.6. The molecule has 0 bridgehead atoms. The largest absolute Gasteiger partial charge is 0.384 e. The van der Waals surface area contributed by atoms with Gasteiger partial charge < -0.3 is 5.11 Å². The van der Waals surface area contributed by atoms with Crippen molar-refractivity contribution in [2.75, 3.05) is 0 Å². The van der Waals surface area contributed by atoms with Crippen LogP contribution in [0.5, 0.6) is 0 Å². The molecule has 1 atom stereocenters. The van der Waals surface area contributed by atoms with Crippen LogP contribution in [0.15, 0.2) is 18.2 Å². The topological polar surface area (TPSA) is 20.2 Å². The summed E-state index contributed by atoms with van der Waals surface area (Å²) in [6, 6.07) is 6.36. The van der Waals surface area contributed by atoms with E-state index >= 15 is 0 Å². The third kappa shape index (κ3) is 2.36. The van der Waals surface area contributed by atoms with E-state index in [9.17, 15) is 5.11 Å². The molecule has 2 heteroatoms. The lowest BCUT2D eigenvalue weighted by Crippen LogP contribution is -2.03. The molecule has 0 spiro atoms. The fourth-order valence-corrected chi connectivity index (χ4v) is 3.32. The van der Waals surface area contributed by atoms with Gasteiger partial charge in [0.2, 0.25) is 0 Å². The van der Waals surface area contributed by atoms with Gasteiger partial charge in [0.1, 0.15) is 6.10 Å². The molecule has 1 nitrogen and oxygen atoms in total. The minimum absolute atomic E-state index is 0.505. The lowest BCUT2D eigenvalue weighted by molar-refractivity contribution is 0.219. The van der Waals surface area contributed by atoms with Gasteiger partial charge in [0.05, 0.1) is 0 Å². The van der Waals surface area contributed by atoms with Crippen molar-refractivity contribution >= 4 is 11.3 Å². The molecule has 2 aromatic rings. The van der Waals surface area contributed by atoms with Gasteiger partial charge in [-0.15, -0.1) is 11.3 Å². The molecule has 1 aromatic heterocycles. The highest BCUT2D eigenvalue weighted by Crippen LogP contribution is 2.32. The number of aliphatic hydroxyl groups excluding tert-OH is 1. The Labute approximate surface area is 113 Å². The molecular formula is C16H20OS. The van der Waals surface area contributed by atoms with E-state index < -0.39 is 6.10 Å².